The Morgan fingerprint density at radius 1 is 1.53 bits per heavy atom. The Labute approximate surface area is 103 Å². The van der Waals surface area contributed by atoms with E-state index in [1.165, 1.54) is 16.8 Å². The van der Waals surface area contributed by atoms with Crippen LogP contribution in [0.4, 0.5) is 0 Å². The molecule has 0 bridgehead atoms. The van der Waals surface area contributed by atoms with E-state index in [1.807, 2.05) is 0 Å². The molecule has 0 unspecified atom stereocenters. The van der Waals surface area contributed by atoms with Crippen LogP contribution >= 0.6 is 11.3 Å². The number of likely N-dealkylation sites (N-methyl/N-ethyl adjacent to an activating group) is 1. The highest BCUT2D eigenvalue weighted by Gasteiger charge is 2.25. The molecule has 1 N–H and O–H groups in total. The van der Waals surface area contributed by atoms with E-state index in [1.54, 1.807) is 11.3 Å². The maximum Gasteiger partial charge on any atom is 0.259 e. The molecule has 0 amide bonds. The molecule has 3 rings (SSSR count). The molecule has 17 heavy (non-hydrogen) atoms. The molecular weight excluding hydrogens is 234 g/mol. The first-order chi connectivity index (χ1) is 8.16. The van der Waals surface area contributed by atoms with Gasteiger partial charge in [-0.25, -0.2) is 4.98 Å². The second-order valence-electron chi connectivity index (χ2n) is 4.78. The lowest BCUT2D eigenvalue weighted by Gasteiger charge is -2.27. The number of nitrogens with zero attached hydrogens (tertiary/aromatic N) is 2. The minimum absolute atomic E-state index is 0.0100. The van der Waals surface area contributed by atoms with Crippen molar-refractivity contribution in [2.24, 2.45) is 0 Å². The van der Waals surface area contributed by atoms with Crippen molar-refractivity contribution in [3.63, 3.8) is 0 Å². The van der Waals surface area contributed by atoms with Crippen LogP contribution in [-0.4, -0.2) is 35.0 Å². The first kappa shape index (κ1) is 10.9. The molecule has 0 spiro atoms. The molecule has 2 aromatic heterocycles. The van der Waals surface area contributed by atoms with E-state index in [0.29, 0.717) is 6.04 Å². The lowest BCUT2D eigenvalue weighted by Crippen LogP contribution is -2.33. The van der Waals surface area contributed by atoms with Gasteiger partial charge in [-0.3, -0.25) is 4.79 Å². The van der Waals surface area contributed by atoms with E-state index < -0.39 is 0 Å². The highest BCUT2D eigenvalue weighted by molar-refractivity contribution is 7.18. The molecule has 1 aliphatic carbocycles. The summed E-state index contributed by atoms with van der Waals surface area (Å²) in [5, 5.41) is 0.824. The van der Waals surface area contributed by atoms with Crippen molar-refractivity contribution in [1.29, 1.82) is 0 Å². The molecule has 0 saturated carbocycles. The van der Waals surface area contributed by atoms with Gasteiger partial charge in [0.15, 0.2) is 0 Å². The van der Waals surface area contributed by atoms with Crippen molar-refractivity contribution in [2.75, 3.05) is 14.1 Å². The van der Waals surface area contributed by atoms with E-state index in [4.69, 9.17) is 0 Å². The number of aryl methyl sites for hydroxylation is 1. The summed E-state index contributed by atoms with van der Waals surface area (Å²) in [6, 6.07) is 0.592. The number of fused-ring (bicyclic) bond motifs is 3. The summed E-state index contributed by atoms with van der Waals surface area (Å²) in [4.78, 5) is 23.3. The summed E-state index contributed by atoms with van der Waals surface area (Å²) in [6.45, 7) is 0. The normalized spacial score (nSPS) is 19.8. The Bertz CT molecular complexity index is 614. The van der Waals surface area contributed by atoms with E-state index >= 15 is 0 Å². The predicted molar refractivity (Wildman–Crippen MR) is 69.7 cm³/mol. The van der Waals surface area contributed by atoms with Gasteiger partial charge in [0.25, 0.3) is 5.56 Å². The Morgan fingerprint density at radius 2 is 2.35 bits per heavy atom. The molecule has 5 heteroatoms. The van der Waals surface area contributed by atoms with E-state index in [9.17, 15) is 4.79 Å². The molecule has 1 aliphatic rings. The minimum atomic E-state index is 0.0100. The number of thiophene rings is 1. The highest BCUT2D eigenvalue weighted by Crippen LogP contribution is 2.34. The smallest absolute Gasteiger partial charge is 0.259 e. The number of hydrogen-bond acceptors (Lipinski definition) is 4. The Morgan fingerprint density at radius 3 is 3.12 bits per heavy atom. The summed E-state index contributed by atoms with van der Waals surface area (Å²) < 4.78 is 0. The van der Waals surface area contributed by atoms with Gasteiger partial charge in [-0.05, 0) is 38.9 Å². The van der Waals surface area contributed by atoms with Crippen molar-refractivity contribution in [2.45, 2.75) is 25.3 Å². The van der Waals surface area contributed by atoms with Gasteiger partial charge in [0, 0.05) is 10.9 Å². The summed E-state index contributed by atoms with van der Waals surface area (Å²) in [7, 11) is 4.24. The average molecular weight is 249 g/mol. The van der Waals surface area contributed by atoms with Crippen molar-refractivity contribution >= 4 is 21.6 Å². The van der Waals surface area contributed by atoms with Gasteiger partial charge in [-0.1, -0.05) is 0 Å². The fourth-order valence-corrected chi connectivity index (χ4v) is 3.80. The number of aromatic amines is 1. The van der Waals surface area contributed by atoms with Crippen molar-refractivity contribution in [3.05, 3.63) is 27.1 Å². The first-order valence-corrected chi connectivity index (χ1v) is 6.63. The van der Waals surface area contributed by atoms with Crippen molar-refractivity contribution < 1.29 is 0 Å². The van der Waals surface area contributed by atoms with E-state index in [-0.39, 0.29) is 5.56 Å². The van der Waals surface area contributed by atoms with Gasteiger partial charge in [0.1, 0.15) is 4.83 Å². The Balaban J connectivity index is 2.14. The lowest BCUT2D eigenvalue weighted by atomic mass is 9.92. The van der Waals surface area contributed by atoms with Gasteiger partial charge in [0.2, 0.25) is 0 Å². The first-order valence-electron chi connectivity index (χ1n) is 5.81. The Kier molecular flexibility index (Phi) is 2.52. The molecule has 0 fully saturated rings. The minimum Gasteiger partial charge on any atom is -0.313 e. The molecule has 2 heterocycles. The summed E-state index contributed by atoms with van der Waals surface area (Å²) in [6.07, 6.45) is 4.66. The van der Waals surface area contributed by atoms with Crippen LogP contribution in [0.3, 0.4) is 0 Å². The third-order valence-corrected chi connectivity index (χ3v) is 4.72. The van der Waals surface area contributed by atoms with Crippen molar-refractivity contribution in [3.8, 4) is 0 Å². The van der Waals surface area contributed by atoms with Gasteiger partial charge in [0.05, 0.1) is 11.7 Å². The highest BCUT2D eigenvalue weighted by atomic mass is 32.1. The number of rotatable bonds is 1. The zero-order valence-electron chi connectivity index (χ0n) is 9.99. The molecule has 1 atom stereocenters. The van der Waals surface area contributed by atoms with E-state index in [0.717, 1.165) is 29.5 Å². The monoisotopic (exact) mass is 249 g/mol. The van der Waals surface area contributed by atoms with Crippen LogP contribution < -0.4 is 5.56 Å². The largest absolute Gasteiger partial charge is 0.313 e. The fourth-order valence-electron chi connectivity index (χ4n) is 2.54. The maximum atomic E-state index is 11.8. The third-order valence-electron chi connectivity index (χ3n) is 3.56. The number of H-pyrrole nitrogens is 1. The summed E-state index contributed by atoms with van der Waals surface area (Å²) in [5.41, 5.74) is 1.24. The van der Waals surface area contributed by atoms with Crippen LogP contribution in [0.1, 0.15) is 16.9 Å². The topological polar surface area (TPSA) is 49.0 Å². The molecule has 0 aromatic carbocycles. The zero-order valence-corrected chi connectivity index (χ0v) is 10.8. The predicted octanol–water partition coefficient (Wildman–Crippen LogP) is 1.40. The standard InChI is InChI=1S/C12H15N3OS/c1-15(2)7-3-4-8-9(5-7)17-12-10(8)11(16)13-6-14-12/h6-7H,3-5H2,1-2H3,(H,13,14,16)/t7-/m0/s1. The molecule has 2 aromatic rings. The quantitative estimate of drug-likeness (QED) is 0.831. The number of hydrogen-bond donors (Lipinski definition) is 1. The third kappa shape index (κ3) is 1.70. The van der Waals surface area contributed by atoms with Crippen LogP contribution in [0, 0.1) is 0 Å². The van der Waals surface area contributed by atoms with E-state index in [2.05, 4.69) is 29.0 Å². The number of nitrogens with one attached hydrogen (secondary N) is 1. The van der Waals surface area contributed by atoms with Crippen LogP contribution in [-0.2, 0) is 12.8 Å². The number of aromatic nitrogens is 2. The molecule has 90 valence electrons. The molecular formula is C12H15N3OS. The molecule has 0 aliphatic heterocycles. The zero-order chi connectivity index (χ0) is 12.0. The summed E-state index contributed by atoms with van der Waals surface area (Å²) >= 11 is 1.68. The lowest BCUT2D eigenvalue weighted by molar-refractivity contribution is 0.270. The second-order valence-corrected chi connectivity index (χ2v) is 5.86. The van der Waals surface area contributed by atoms with Gasteiger partial charge in [-0.15, -0.1) is 11.3 Å². The van der Waals surface area contributed by atoms with Gasteiger partial charge < -0.3 is 9.88 Å². The fraction of sp³-hybridized carbons (Fsp3) is 0.500. The van der Waals surface area contributed by atoms with Crippen LogP contribution in [0.25, 0.3) is 10.2 Å². The molecule has 0 saturated heterocycles. The molecule has 4 nitrogen and oxygen atoms in total. The maximum absolute atomic E-state index is 11.8. The molecule has 0 radical (unpaired) electrons. The Hall–Kier alpha value is -1.20. The van der Waals surface area contributed by atoms with Crippen LogP contribution in [0.2, 0.25) is 0 Å². The van der Waals surface area contributed by atoms with Crippen LogP contribution in [0.15, 0.2) is 11.1 Å². The SMILES string of the molecule is CN(C)[C@H]1CCc2c(sc3nc[nH]c(=O)c23)C1. The van der Waals surface area contributed by atoms with Crippen molar-refractivity contribution in [1.82, 2.24) is 14.9 Å². The second kappa shape index (κ2) is 3.92. The van der Waals surface area contributed by atoms with Gasteiger partial charge in [-0.2, -0.15) is 0 Å². The average Bonchev–Trinajstić information content (AvgIpc) is 2.67. The van der Waals surface area contributed by atoms with Gasteiger partial charge >= 0.3 is 0 Å². The summed E-state index contributed by atoms with van der Waals surface area (Å²) in [5.74, 6) is 0. The van der Waals surface area contributed by atoms with Crippen LogP contribution in [0.5, 0.6) is 0 Å².